The minimum absolute atomic E-state index is 0.321. The number of amides is 1. The summed E-state index contributed by atoms with van der Waals surface area (Å²) >= 11 is 0. The molecule has 41 heavy (non-hydrogen) atoms. The highest BCUT2D eigenvalue weighted by Crippen LogP contribution is 2.44. The van der Waals surface area contributed by atoms with E-state index < -0.39 is 5.54 Å². The lowest BCUT2D eigenvalue weighted by Crippen LogP contribution is -2.38. The Labute approximate surface area is 238 Å². The fraction of sp³-hybridized carbons (Fsp3) is 0.0857. The number of fused-ring (bicyclic) bond motifs is 1. The van der Waals surface area contributed by atoms with Gasteiger partial charge < -0.3 is 10.5 Å². The van der Waals surface area contributed by atoms with E-state index in [9.17, 15) is 4.79 Å². The Hall–Kier alpha value is -5.36. The number of nitrogens with two attached hydrogens (primary N) is 1. The molecule has 0 unspecified atom stereocenters. The number of ether oxygens (including phenoxy) is 1. The number of aromatic nitrogens is 2. The largest absolute Gasteiger partial charge is 0.447 e. The van der Waals surface area contributed by atoms with E-state index in [-0.39, 0.29) is 6.09 Å². The minimum Gasteiger partial charge on any atom is -0.447 e. The molecule has 0 atom stereocenters. The highest BCUT2D eigenvalue weighted by Gasteiger charge is 2.41. The lowest BCUT2D eigenvalue weighted by molar-refractivity contribution is 0.181. The van der Waals surface area contributed by atoms with E-state index in [0.29, 0.717) is 18.8 Å². The number of hydrogen-bond donors (Lipinski definition) is 1. The van der Waals surface area contributed by atoms with Crippen molar-refractivity contribution in [1.82, 2.24) is 9.78 Å². The van der Waals surface area contributed by atoms with Crippen LogP contribution >= 0.6 is 0 Å². The van der Waals surface area contributed by atoms with Gasteiger partial charge in [0.05, 0.1) is 12.1 Å². The van der Waals surface area contributed by atoms with Crippen molar-refractivity contribution in [2.45, 2.75) is 5.54 Å². The fourth-order valence-electron chi connectivity index (χ4n) is 5.94. The second kappa shape index (κ2) is 9.99. The monoisotopic (exact) mass is 536 g/mol. The standard InChI is InChI=1S/C35H28N4O2/c36-29-18-21-32-31(24-29)33(25-16-19-30(20-17-25)38-22-23-41-34(38)40)37-39(32)35(26-10-4-1-5-11-26,27-12-6-2-7-13-27)28-14-8-3-9-15-28/h1-21,24H,22-23,36H2. The van der Waals surface area contributed by atoms with Crippen molar-refractivity contribution in [2.24, 2.45) is 0 Å². The molecule has 1 fully saturated rings. The molecule has 1 saturated heterocycles. The molecule has 0 aliphatic carbocycles. The molecule has 200 valence electrons. The molecule has 5 aromatic carbocycles. The van der Waals surface area contributed by atoms with Crippen molar-refractivity contribution in [3.05, 3.63) is 150 Å². The first-order valence-corrected chi connectivity index (χ1v) is 13.7. The molecule has 0 spiro atoms. The topological polar surface area (TPSA) is 73.4 Å². The Morgan fingerprint density at radius 3 is 1.78 bits per heavy atom. The van der Waals surface area contributed by atoms with E-state index in [1.807, 2.05) is 54.6 Å². The summed E-state index contributed by atoms with van der Waals surface area (Å²) in [6, 6.07) is 45.4. The zero-order chi connectivity index (χ0) is 27.8. The first kappa shape index (κ1) is 24.7. The zero-order valence-corrected chi connectivity index (χ0v) is 22.4. The molecule has 1 aromatic heterocycles. The summed E-state index contributed by atoms with van der Waals surface area (Å²) in [5, 5.41) is 6.35. The van der Waals surface area contributed by atoms with Crippen molar-refractivity contribution in [2.75, 3.05) is 23.8 Å². The van der Waals surface area contributed by atoms with Crippen molar-refractivity contribution in [1.29, 1.82) is 0 Å². The third-order valence-corrected chi connectivity index (χ3v) is 7.81. The SMILES string of the molecule is Nc1ccc2c(c1)c(-c1ccc(N3CCOC3=O)cc1)nn2C(c1ccccc1)(c1ccccc1)c1ccccc1. The molecule has 1 aliphatic rings. The van der Waals surface area contributed by atoms with Crippen LogP contribution in [0.5, 0.6) is 0 Å². The molecule has 2 N–H and O–H groups in total. The average Bonchev–Trinajstić information content (AvgIpc) is 3.63. The van der Waals surface area contributed by atoms with Crippen LogP contribution in [0.15, 0.2) is 133 Å². The summed E-state index contributed by atoms with van der Waals surface area (Å²) in [4.78, 5) is 13.8. The Balaban J connectivity index is 1.52. The van der Waals surface area contributed by atoms with E-state index in [2.05, 4.69) is 83.5 Å². The quantitative estimate of drug-likeness (QED) is 0.182. The Morgan fingerprint density at radius 2 is 1.27 bits per heavy atom. The van der Waals surface area contributed by atoms with E-state index in [4.69, 9.17) is 15.6 Å². The number of nitrogens with zero attached hydrogens (tertiary/aromatic N) is 3. The molecule has 7 rings (SSSR count). The van der Waals surface area contributed by atoms with E-state index in [0.717, 1.165) is 44.5 Å². The number of carbonyl (C=O) groups excluding carboxylic acids is 1. The average molecular weight is 537 g/mol. The van der Waals surface area contributed by atoms with Crippen LogP contribution in [0.25, 0.3) is 22.2 Å². The Morgan fingerprint density at radius 1 is 0.707 bits per heavy atom. The molecule has 0 bridgehead atoms. The maximum absolute atomic E-state index is 12.1. The van der Waals surface area contributed by atoms with Gasteiger partial charge in [0.25, 0.3) is 0 Å². The lowest BCUT2D eigenvalue weighted by atomic mass is 9.77. The summed E-state index contributed by atoms with van der Waals surface area (Å²) in [6.45, 7) is 0.940. The van der Waals surface area contributed by atoms with Gasteiger partial charge >= 0.3 is 6.09 Å². The number of anilines is 2. The smallest absolute Gasteiger partial charge is 0.414 e. The third-order valence-electron chi connectivity index (χ3n) is 7.81. The molecule has 0 radical (unpaired) electrons. The number of hydrogen-bond acceptors (Lipinski definition) is 4. The van der Waals surface area contributed by atoms with Crippen LogP contribution in [0, 0.1) is 0 Å². The van der Waals surface area contributed by atoms with Crippen molar-refractivity contribution < 1.29 is 9.53 Å². The van der Waals surface area contributed by atoms with Crippen LogP contribution in [0.2, 0.25) is 0 Å². The fourth-order valence-corrected chi connectivity index (χ4v) is 5.94. The lowest BCUT2D eigenvalue weighted by Gasteiger charge is -2.37. The number of rotatable bonds is 6. The van der Waals surface area contributed by atoms with Gasteiger partial charge in [-0.05, 0) is 47.0 Å². The highest BCUT2D eigenvalue weighted by molar-refractivity contribution is 5.96. The first-order valence-electron chi connectivity index (χ1n) is 13.7. The van der Waals surface area contributed by atoms with Gasteiger partial charge in [0, 0.05) is 22.3 Å². The first-order chi connectivity index (χ1) is 20.2. The minimum atomic E-state index is -0.768. The highest BCUT2D eigenvalue weighted by atomic mass is 16.6. The van der Waals surface area contributed by atoms with Gasteiger partial charge in [0.15, 0.2) is 0 Å². The number of benzene rings is 5. The Bertz CT molecular complexity index is 1740. The van der Waals surface area contributed by atoms with Crippen molar-refractivity contribution in [3.63, 3.8) is 0 Å². The van der Waals surface area contributed by atoms with Crippen LogP contribution in [-0.4, -0.2) is 29.0 Å². The van der Waals surface area contributed by atoms with E-state index >= 15 is 0 Å². The molecule has 0 saturated carbocycles. The number of nitrogen functional groups attached to an aromatic ring is 1. The summed E-state index contributed by atoms with van der Waals surface area (Å²) in [5.74, 6) is 0. The van der Waals surface area contributed by atoms with Crippen LogP contribution < -0.4 is 10.6 Å². The zero-order valence-electron chi connectivity index (χ0n) is 22.4. The summed E-state index contributed by atoms with van der Waals surface area (Å²) in [5.41, 5.74) is 13.0. The maximum atomic E-state index is 12.1. The third kappa shape index (κ3) is 4.03. The second-order valence-corrected chi connectivity index (χ2v) is 10.2. The summed E-state index contributed by atoms with van der Waals surface area (Å²) < 4.78 is 7.27. The summed E-state index contributed by atoms with van der Waals surface area (Å²) in [6.07, 6.45) is -0.321. The van der Waals surface area contributed by atoms with Gasteiger partial charge in [0.2, 0.25) is 0 Å². The van der Waals surface area contributed by atoms with E-state index in [1.54, 1.807) is 4.90 Å². The molecule has 6 aromatic rings. The predicted molar refractivity (Wildman–Crippen MR) is 163 cm³/mol. The summed E-state index contributed by atoms with van der Waals surface area (Å²) in [7, 11) is 0. The van der Waals surface area contributed by atoms with Crippen LogP contribution in [0.3, 0.4) is 0 Å². The molecular weight excluding hydrogens is 508 g/mol. The van der Waals surface area contributed by atoms with Crippen molar-refractivity contribution in [3.8, 4) is 11.3 Å². The van der Waals surface area contributed by atoms with Gasteiger partial charge in [0.1, 0.15) is 17.8 Å². The molecule has 6 heteroatoms. The maximum Gasteiger partial charge on any atom is 0.414 e. The molecule has 1 aliphatic heterocycles. The van der Waals surface area contributed by atoms with Crippen molar-refractivity contribution >= 4 is 28.4 Å². The van der Waals surface area contributed by atoms with Crippen LogP contribution in [0.4, 0.5) is 16.2 Å². The van der Waals surface area contributed by atoms with Crippen LogP contribution in [0.1, 0.15) is 16.7 Å². The Kier molecular flexibility index (Phi) is 6.01. The molecule has 6 nitrogen and oxygen atoms in total. The van der Waals surface area contributed by atoms with Gasteiger partial charge in [-0.25, -0.2) is 9.48 Å². The molecular formula is C35H28N4O2. The van der Waals surface area contributed by atoms with Gasteiger partial charge in [-0.2, -0.15) is 5.10 Å². The number of carbonyl (C=O) groups is 1. The molecule has 1 amide bonds. The van der Waals surface area contributed by atoms with E-state index in [1.165, 1.54) is 0 Å². The second-order valence-electron chi connectivity index (χ2n) is 10.2. The normalized spacial score (nSPS) is 13.5. The molecule has 2 heterocycles. The predicted octanol–water partition coefficient (Wildman–Crippen LogP) is 7.08. The van der Waals surface area contributed by atoms with Gasteiger partial charge in [-0.3, -0.25) is 4.90 Å². The van der Waals surface area contributed by atoms with Gasteiger partial charge in [-0.1, -0.05) is 103 Å². The number of cyclic esters (lactones) is 1. The van der Waals surface area contributed by atoms with Crippen LogP contribution in [-0.2, 0) is 10.3 Å². The van der Waals surface area contributed by atoms with Gasteiger partial charge in [-0.15, -0.1) is 0 Å².